The number of benzene rings is 5. The SMILES string of the molecule is CC(CCCC=CC(=O)CCc1ccc(O)c(OCCc2ccc(O)c(C3CC(=O)c4cc[nH]c4CC#Cc4cc(C(N)N)ccc43)c2)c1)CCc1cc(CCc2ccccc2)ccc1CCO. The van der Waals surface area contributed by atoms with Crippen LogP contribution in [0.4, 0.5) is 0 Å². The second-order valence-corrected chi connectivity index (χ2v) is 18.2. The molecule has 352 valence electrons. The Morgan fingerprint density at radius 3 is 2.37 bits per heavy atom. The Bertz CT molecular complexity index is 2740. The Labute approximate surface area is 401 Å². The molecule has 1 heterocycles. The van der Waals surface area contributed by atoms with Crippen LogP contribution < -0.4 is 16.2 Å². The first-order chi connectivity index (χ1) is 33.0. The van der Waals surface area contributed by atoms with E-state index in [1.54, 1.807) is 36.5 Å². The third kappa shape index (κ3) is 13.7. The third-order valence-electron chi connectivity index (χ3n) is 13.1. The molecule has 1 aliphatic rings. The van der Waals surface area contributed by atoms with E-state index in [9.17, 15) is 24.9 Å². The molecule has 2 atom stereocenters. The summed E-state index contributed by atoms with van der Waals surface area (Å²) in [5.41, 5.74) is 23.2. The van der Waals surface area contributed by atoms with Crippen molar-refractivity contribution in [2.75, 3.05) is 13.2 Å². The van der Waals surface area contributed by atoms with E-state index in [0.717, 1.165) is 67.3 Å². The Kier molecular flexibility index (Phi) is 17.6. The minimum Gasteiger partial charge on any atom is -0.508 e. The van der Waals surface area contributed by atoms with Gasteiger partial charge >= 0.3 is 0 Å². The van der Waals surface area contributed by atoms with Crippen LogP contribution in [-0.2, 0) is 49.7 Å². The van der Waals surface area contributed by atoms with Crippen LogP contribution in [0.25, 0.3) is 0 Å². The predicted octanol–water partition coefficient (Wildman–Crippen LogP) is 10.1. The van der Waals surface area contributed by atoms with Gasteiger partial charge in [0.25, 0.3) is 0 Å². The molecule has 0 bridgehead atoms. The highest BCUT2D eigenvalue weighted by atomic mass is 16.5. The fraction of sp³-hybridized carbons (Fsp3) is 0.322. The summed E-state index contributed by atoms with van der Waals surface area (Å²) in [5, 5.41) is 31.6. The molecule has 0 amide bonds. The van der Waals surface area contributed by atoms with E-state index in [2.05, 4.69) is 72.3 Å². The quantitative estimate of drug-likeness (QED) is 0.0169. The molecule has 0 aliphatic heterocycles. The lowest BCUT2D eigenvalue weighted by molar-refractivity contribution is -0.114. The number of ketones is 2. The number of allylic oxidation sites excluding steroid dienone is 2. The van der Waals surface area contributed by atoms with Crippen LogP contribution in [0.15, 0.2) is 128 Å². The molecule has 0 spiro atoms. The number of aliphatic hydroxyl groups excluding tert-OH is 1. The Morgan fingerprint density at radius 1 is 0.794 bits per heavy atom. The van der Waals surface area contributed by atoms with Gasteiger partial charge in [0.05, 0.1) is 19.2 Å². The molecule has 0 fully saturated rings. The molecular weight excluding hydrogens is 847 g/mol. The van der Waals surface area contributed by atoms with E-state index in [1.165, 1.54) is 22.3 Å². The number of nitrogens with one attached hydrogen (secondary N) is 1. The number of H-pyrrole nitrogens is 1. The van der Waals surface area contributed by atoms with Gasteiger partial charge in [0, 0.05) is 60.4 Å². The highest BCUT2D eigenvalue weighted by molar-refractivity contribution is 5.98. The molecule has 1 aromatic heterocycles. The molecule has 9 heteroatoms. The summed E-state index contributed by atoms with van der Waals surface area (Å²) in [6.07, 6.45) is 14.3. The van der Waals surface area contributed by atoms with Crippen molar-refractivity contribution >= 4 is 11.6 Å². The van der Waals surface area contributed by atoms with Gasteiger partial charge in [-0.15, -0.1) is 0 Å². The van der Waals surface area contributed by atoms with Crippen LogP contribution in [0.2, 0.25) is 0 Å². The molecule has 2 unspecified atom stereocenters. The number of aromatic nitrogens is 1. The topological polar surface area (TPSA) is 172 Å². The molecule has 6 aromatic rings. The van der Waals surface area contributed by atoms with Gasteiger partial charge in [0.15, 0.2) is 23.1 Å². The van der Waals surface area contributed by atoms with Crippen molar-refractivity contribution < 1.29 is 29.6 Å². The molecule has 0 saturated carbocycles. The van der Waals surface area contributed by atoms with Crippen molar-refractivity contribution in [1.82, 2.24) is 4.98 Å². The average Bonchev–Trinajstić information content (AvgIpc) is 3.82. The van der Waals surface area contributed by atoms with Crippen LogP contribution in [0.3, 0.4) is 0 Å². The summed E-state index contributed by atoms with van der Waals surface area (Å²) in [4.78, 5) is 29.8. The molecule has 8 N–H and O–H groups in total. The summed E-state index contributed by atoms with van der Waals surface area (Å²) in [5.74, 6) is 6.92. The van der Waals surface area contributed by atoms with Gasteiger partial charge in [-0.3, -0.25) is 9.59 Å². The predicted molar refractivity (Wildman–Crippen MR) is 270 cm³/mol. The van der Waals surface area contributed by atoms with Crippen LogP contribution in [0.1, 0.15) is 129 Å². The zero-order valence-corrected chi connectivity index (χ0v) is 39.2. The van der Waals surface area contributed by atoms with Crippen molar-refractivity contribution in [1.29, 1.82) is 0 Å². The first-order valence-electron chi connectivity index (χ1n) is 24.1. The third-order valence-corrected chi connectivity index (χ3v) is 13.1. The van der Waals surface area contributed by atoms with Crippen LogP contribution in [0, 0.1) is 17.8 Å². The van der Waals surface area contributed by atoms with Crippen LogP contribution >= 0.6 is 0 Å². The lowest BCUT2D eigenvalue weighted by Gasteiger charge is -2.22. The smallest absolute Gasteiger partial charge is 0.165 e. The minimum atomic E-state index is -0.694. The number of phenols is 2. The Balaban J connectivity index is 0.881. The maximum absolute atomic E-state index is 13.8. The first-order valence-corrected chi connectivity index (χ1v) is 24.1. The number of aryl methyl sites for hydroxylation is 4. The van der Waals surface area contributed by atoms with E-state index in [-0.39, 0.29) is 42.7 Å². The lowest BCUT2D eigenvalue weighted by Crippen LogP contribution is -2.20. The number of carbonyl (C=O) groups excluding carboxylic acids is 2. The maximum atomic E-state index is 13.8. The number of nitrogens with two attached hydrogens (primary N) is 2. The van der Waals surface area contributed by atoms with E-state index >= 15 is 0 Å². The number of carbonyl (C=O) groups is 2. The van der Waals surface area contributed by atoms with Gasteiger partial charge in [-0.1, -0.05) is 110 Å². The lowest BCUT2D eigenvalue weighted by atomic mass is 9.81. The summed E-state index contributed by atoms with van der Waals surface area (Å²) >= 11 is 0. The highest BCUT2D eigenvalue weighted by Crippen LogP contribution is 2.38. The number of aromatic amines is 1. The number of aliphatic hydroxyl groups is 1. The van der Waals surface area contributed by atoms with Gasteiger partial charge in [0.1, 0.15) is 5.75 Å². The number of Topliss-reactive ketones (excluding diaryl/α,β-unsaturated/α-hetero) is 1. The summed E-state index contributed by atoms with van der Waals surface area (Å²) in [6.45, 7) is 2.69. The van der Waals surface area contributed by atoms with Crippen molar-refractivity contribution in [2.24, 2.45) is 17.4 Å². The van der Waals surface area contributed by atoms with Gasteiger partial charge < -0.3 is 36.5 Å². The number of unbranched alkanes of at least 4 members (excludes halogenated alkanes) is 1. The number of fused-ring (bicyclic) bond motifs is 2. The fourth-order valence-corrected chi connectivity index (χ4v) is 9.12. The minimum absolute atomic E-state index is 0.0111. The summed E-state index contributed by atoms with van der Waals surface area (Å²) in [7, 11) is 0. The average molecular weight is 912 g/mol. The van der Waals surface area contributed by atoms with Gasteiger partial charge in [-0.25, -0.2) is 0 Å². The summed E-state index contributed by atoms with van der Waals surface area (Å²) in [6, 6.07) is 35.3. The van der Waals surface area contributed by atoms with E-state index in [4.69, 9.17) is 16.2 Å². The van der Waals surface area contributed by atoms with E-state index < -0.39 is 12.1 Å². The number of hydrogen-bond acceptors (Lipinski definition) is 8. The first kappa shape index (κ1) is 49.2. The van der Waals surface area contributed by atoms with Crippen molar-refractivity contribution in [3.8, 4) is 29.1 Å². The second kappa shape index (κ2) is 24.4. The number of phenolic OH excluding ortho intramolecular Hbond substituents is 2. The Morgan fingerprint density at radius 2 is 1.56 bits per heavy atom. The molecule has 7 rings (SSSR count). The molecule has 9 nitrogen and oxygen atoms in total. The molecule has 68 heavy (non-hydrogen) atoms. The van der Waals surface area contributed by atoms with Crippen molar-refractivity contribution in [3.05, 3.63) is 194 Å². The number of ether oxygens (including phenoxy) is 1. The van der Waals surface area contributed by atoms with Gasteiger partial charge in [0.2, 0.25) is 0 Å². The second-order valence-electron chi connectivity index (χ2n) is 18.2. The molecule has 5 aromatic carbocycles. The number of rotatable bonds is 22. The van der Waals surface area contributed by atoms with Gasteiger partial charge in [-0.2, -0.15) is 0 Å². The van der Waals surface area contributed by atoms with Gasteiger partial charge in [-0.05, 0) is 138 Å². The number of hydrogen-bond donors (Lipinski definition) is 6. The highest BCUT2D eigenvalue weighted by Gasteiger charge is 2.27. The van der Waals surface area contributed by atoms with Crippen molar-refractivity contribution in [2.45, 2.75) is 102 Å². The standard InChI is InChI=1S/C59H65N3O6/c1-40(15-22-46-35-42(18-23-45(46)30-33-63)17-16-41-10-5-3-6-11-41)9-4-2-7-13-49(64)25-19-43-21-28-56(66)58(37-43)68-34-31-44-20-27-55(65)53(36-44)52-39-57(67)51-29-32-62-54(51)14-8-12-47-38-48(59(60)61)24-26-50(47)52/h3,5-7,10-11,13,18,20-21,23-24,26-29,32,35-38,40,52,59,62-63,65-66H,2,4,9,14-17,19,22,25,30-31,33-34,39,60-61H2,1H3. The fourth-order valence-electron chi connectivity index (χ4n) is 9.12. The monoisotopic (exact) mass is 911 g/mol. The molecule has 0 radical (unpaired) electrons. The number of aromatic hydroxyl groups is 2. The molecule has 1 aliphatic carbocycles. The normalized spacial score (nSPS) is 14.0. The van der Waals surface area contributed by atoms with Crippen molar-refractivity contribution in [3.63, 3.8) is 0 Å². The zero-order valence-electron chi connectivity index (χ0n) is 39.2. The molecular formula is C59H65N3O6. The van der Waals surface area contributed by atoms with Crippen LogP contribution in [0.5, 0.6) is 17.2 Å². The molecule has 0 saturated heterocycles. The zero-order chi connectivity index (χ0) is 47.8. The van der Waals surface area contributed by atoms with E-state index in [1.807, 2.05) is 42.5 Å². The summed E-state index contributed by atoms with van der Waals surface area (Å²) < 4.78 is 6.09. The van der Waals surface area contributed by atoms with Crippen LogP contribution in [-0.4, -0.2) is 45.1 Å². The largest absolute Gasteiger partial charge is 0.508 e. The Hall–Kier alpha value is -6.70. The maximum Gasteiger partial charge on any atom is 0.165 e. The van der Waals surface area contributed by atoms with E-state index in [0.29, 0.717) is 66.0 Å².